The average Bonchev–Trinajstić information content (AvgIpc) is 3.98. The predicted octanol–water partition coefficient (Wildman–Crippen LogP) is 8.72. The third-order valence-electron chi connectivity index (χ3n) is 13.5. The molecular weight excluding hydrogens is 947 g/mol. The number of carbonyl (C=O) groups excluding carboxylic acids is 3. The van der Waals surface area contributed by atoms with Gasteiger partial charge in [0.25, 0.3) is 0 Å². The number of aromatic nitrogens is 2. The highest BCUT2D eigenvalue weighted by molar-refractivity contribution is 7.13. The van der Waals surface area contributed by atoms with Gasteiger partial charge in [0.15, 0.2) is 0 Å². The number of thiazole rings is 1. The standard InChI is InChI=1S/C54H68ClFN6O8S/c1-34(37-10-12-38(13-11-37)43-18-19-57-46-17-14-40(56)28-44(43)46)51(64)61-41-15-16-45(55)48(29-41)70-27-26-69-25-24-68-23-22-67-21-20-58-50(54(3,4)5)53(66)62-32-42(63)30-47(62)52(65)59-31-36-6-8-39(9-7-36)49-35(2)60-33-71-49/h6-9,14-19,28-29,33-34,37-38,42,47,50,58,63H,10-13,20-27,30-32H2,1-5H3,(H,59,65)(H,61,64)/t34-,37?,38?,42-,47+,50-/m1/s1. The van der Waals surface area contributed by atoms with Gasteiger partial charge in [0, 0.05) is 55.3 Å². The van der Waals surface area contributed by atoms with Crippen LogP contribution in [0.15, 0.2) is 78.4 Å². The molecule has 17 heteroatoms. The average molecular weight is 1020 g/mol. The molecule has 2 aromatic heterocycles. The molecule has 0 unspecified atom stereocenters. The number of aliphatic hydroxyl groups is 1. The smallest absolute Gasteiger partial charge is 0.243 e. The van der Waals surface area contributed by atoms with E-state index in [-0.39, 0.29) is 54.9 Å². The normalized spacial score (nSPS) is 19.1. The Hall–Kier alpha value is -5.07. The van der Waals surface area contributed by atoms with Crippen LogP contribution >= 0.6 is 22.9 Å². The van der Waals surface area contributed by atoms with Crippen molar-refractivity contribution < 1.29 is 42.8 Å². The van der Waals surface area contributed by atoms with Gasteiger partial charge in [0.1, 0.15) is 24.2 Å². The number of aryl methyl sites for hydroxylation is 1. The lowest BCUT2D eigenvalue weighted by Gasteiger charge is -2.35. The van der Waals surface area contributed by atoms with Crippen molar-refractivity contribution in [1.82, 2.24) is 25.5 Å². The van der Waals surface area contributed by atoms with Crippen LogP contribution in [0.3, 0.4) is 0 Å². The minimum absolute atomic E-state index is 0.0563. The number of nitrogens with zero attached hydrogens (tertiary/aromatic N) is 3. The number of aliphatic hydroxyl groups excluding tert-OH is 1. The van der Waals surface area contributed by atoms with Crippen molar-refractivity contribution in [1.29, 1.82) is 0 Å². The Morgan fingerprint density at radius 3 is 2.30 bits per heavy atom. The predicted molar refractivity (Wildman–Crippen MR) is 275 cm³/mol. The second kappa shape index (κ2) is 25.5. The van der Waals surface area contributed by atoms with Gasteiger partial charge in [-0.05, 0) is 103 Å². The van der Waals surface area contributed by atoms with Crippen LogP contribution in [0.1, 0.15) is 82.5 Å². The number of benzene rings is 3. The maximum atomic E-state index is 14.1. The SMILES string of the molecule is Cc1ncsc1-c1ccc(CNC(=O)[C@@H]2C[C@@H](O)CN2C(=O)[C@@H](NCCOCCOCCOCCOc2cc(NC(=O)[C@H](C)C3CCC(c4ccnc5ccc(F)cc45)CC3)ccc2Cl)C(C)(C)C)cc1. The molecule has 1 aliphatic carbocycles. The number of β-amino-alcohol motifs (C(OH)–C–C–N with tert-alkyl or cyclic N) is 1. The van der Waals surface area contributed by atoms with E-state index in [0.717, 1.165) is 63.8 Å². The Kier molecular flexibility index (Phi) is 19.3. The Bertz CT molecular complexity index is 2550. The highest BCUT2D eigenvalue weighted by atomic mass is 35.5. The molecule has 7 rings (SSSR count). The second-order valence-electron chi connectivity index (χ2n) is 19.6. The summed E-state index contributed by atoms with van der Waals surface area (Å²) in [5.41, 5.74) is 6.85. The number of pyridine rings is 1. The molecule has 1 aliphatic heterocycles. The van der Waals surface area contributed by atoms with Gasteiger partial charge in [-0.2, -0.15) is 0 Å². The number of rotatable bonds is 23. The number of anilines is 1. The minimum atomic E-state index is -0.793. The van der Waals surface area contributed by atoms with Crippen molar-refractivity contribution in [3.05, 3.63) is 106 Å². The first kappa shape index (κ1) is 53.7. The molecule has 14 nitrogen and oxygen atoms in total. The third kappa shape index (κ3) is 14.8. The van der Waals surface area contributed by atoms with Crippen molar-refractivity contribution in [2.24, 2.45) is 17.3 Å². The van der Waals surface area contributed by atoms with Crippen LogP contribution in [-0.4, -0.2) is 115 Å². The summed E-state index contributed by atoms with van der Waals surface area (Å²) in [5.74, 6) is -0.0648. The van der Waals surface area contributed by atoms with Gasteiger partial charge >= 0.3 is 0 Å². The van der Waals surface area contributed by atoms with E-state index in [2.05, 4.69) is 25.9 Å². The zero-order valence-corrected chi connectivity index (χ0v) is 43.0. The number of hydrogen-bond acceptors (Lipinski definition) is 12. The van der Waals surface area contributed by atoms with E-state index in [1.54, 1.807) is 47.9 Å². The number of fused-ring (bicyclic) bond motifs is 1. The van der Waals surface area contributed by atoms with Crippen LogP contribution in [0.5, 0.6) is 5.75 Å². The van der Waals surface area contributed by atoms with Crippen LogP contribution in [0.2, 0.25) is 5.02 Å². The van der Waals surface area contributed by atoms with Gasteiger partial charge in [0.2, 0.25) is 17.7 Å². The number of amides is 3. The lowest BCUT2D eigenvalue weighted by molar-refractivity contribution is -0.142. The van der Waals surface area contributed by atoms with Crippen molar-refractivity contribution in [2.45, 2.75) is 97.4 Å². The van der Waals surface area contributed by atoms with Crippen molar-refractivity contribution in [3.8, 4) is 16.2 Å². The molecule has 0 bridgehead atoms. The number of nitrogens with one attached hydrogen (secondary N) is 3. The van der Waals surface area contributed by atoms with Crippen molar-refractivity contribution >= 4 is 57.2 Å². The number of carbonyl (C=O) groups is 3. The van der Waals surface area contributed by atoms with Gasteiger partial charge in [-0.15, -0.1) is 11.3 Å². The van der Waals surface area contributed by atoms with Gasteiger partial charge < -0.3 is 44.9 Å². The van der Waals surface area contributed by atoms with Gasteiger partial charge in [-0.25, -0.2) is 9.37 Å². The van der Waals surface area contributed by atoms with Gasteiger partial charge in [-0.3, -0.25) is 19.4 Å². The van der Waals surface area contributed by atoms with Crippen LogP contribution in [-0.2, 0) is 35.1 Å². The Morgan fingerprint density at radius 1 is 0.901 bits per heavy atom. The molecule has 1 saturated heterocycles. The lowest BCUT2D eigenvalue weighted by Crippen LogP contribution is -2.57. The molecule has 3 heterocycles. The fourth-order valence-electron chi connectivity index (χ4n) is 9.51. The topological polar surface area (TPSA) is 173 Å². The highest BCUT2D eigenvalue weighted by Crippen LogP contribution is 2.41. The van der Waals surface area contributed by atoms with Crippen molar-refractivity contribution in [2.75, 3.05) is 64.7 Å². The van der Waals surface area contributed by atoms with E-state index in [9.17, 15) is 23.9 Å². The summed E-state index contributed by atoms with van der Waals surface area (Å²) in [6.45, 7) is 13.0. The van der Waals surface area contributed by atoms with E-state index >= 15 is 0 Å². The minimum Gasteiger partial charge on any atom is -0.490 e. The molecule has 0 spiro atoms. The number of ether oxygens (including phenoxy) is 4. The summed E-state index contributed by atoms with van der Waals surface area (Å²) in [4.78, 5) is 52.1. The molecule has 4 N–H and O–H groups in total. The molecule has 1 saturated carbocycles. The fraction of sp³-hybridized carbons (Fsp3) is 0.500. The molecule has 0 radical (unpaired) electrons. The summed E-state index contributed by atoms with van der Waals surface area (Å²) in [6.07, 6.45) is 4.83. The number of hydrogen-bond donors (Lipinski definition) is 4. The van der Waals surface area contributed by atoms with Crippen LogP contribution < -0.4 is 20.7 Å². The summed E-state index contributed by atoms with van der Waals surface area (Å²) in [6, 6.07) is 18.5. The summed E-state index contributed by atoms with van der Waals surface area (Å²) < 4.78 is 37.1. The molecule has 3 aromatic carbocycles. The first-order valence-electron chi connectivity index (χ1n) is 24.7. The molecule has 5 aromatic rings. The van der Waals surface area contributed by atoms with Crippen molar-refractivity contribution in [3.63, 3.8) is 0 Å². The molecular formula is C54H68ClFN6O8S. The Morgan fingerprint density at radius 2 is 1.61 bits per heavy atom. The van der Waals surface area contributed by atoms with E-state index in [0.29, 0.717) is 75.1 Å². The lowest BCUT2D eigenvalue weighted by atomic mass is 9.73. The van der Waals surface area contributed by atoms with Crippen LogP contribution in [0, 0.1) is 30.0 Å². The van der Waals surface area contributed by atoms with Crippen LogP contribution in [0.4, 0.5) is 10.1 Å². The van der Waals surface area contributed by atoms with Gasteiger partial charge in [0.05, 0.1) is 78.4 Å². The first-order chi connectivity index (χ1) is 34.2. The molecule has 2 aliphatic rings. The van der Waals surface area contributed by atoms with E-state index in [4.69, 9.17) is 30.5 Å². The van der Waals surface area contributed by atoms with E-state index in [1.165, 1.54) is 11.0 Å². The van der Waals surface area contributed by atoms with E-state index in [1.807, 2.05) is 70.5 Å². The Labute approximate surface area is 425 Å². The largest absolute Gasteiger partial charge is 0.490 e. The monoisotopic (exact) mass is 1010 g/mol. The maximum Gasteiger partial charge on any atom is 0.243 e. The number of likely N-dealkylation sites (tertiary alicyclic amines) is 1. The molecule has 3 amide bonds. The Balaban J connectivity index is 0.739. The summed E-state index contributed by atoms with van der Waals surface area (Å²) >= 11 is 8.02. The zero-order chi connectivity index (χ0) is 50.5. The molecule has 71 heavy (non-hydrogen) atoms. The summed E-state index contributed by atoms with van der Waals surface area (Å²) in [7, 11) is 0. The molecule has 2 fully saturated rings. The summed E-state index contributed by atoms with van der Waals surface area (Å²) in [5, 5.41) is 21.2. The fourth-order valence-corrected chi connectivity index (χ4v) is 10.5. The second-order valence-corrected chi connectivity index (χ2v) is 20.9. The zero-order valence-electron chi connectivity index (χ0n) is 41.4. The van der Waals surface area contributed by atoms with E-state index < -0.39 is 23.6 Å². The molecule has 4 atom stereocenters. The maximum absolute atomic E-state index is 14.1. The number of halogens is 2. The first-order valence-corrected chi connectivity index (χ1v) is 25.9. The molecule has 382 valence electrons. The van der Waals surface area contributed by atoms with Crippen LogP contribution in [0.25, 0.3) is 21.3 Å². The highest BCUT2D eigenvalue weighted by Gasteiger charge is 2.44. The third-order valence-corrected chi connectivity index (χ3v) is 14.8. The quantitative estimate of drug-likeness (QED) is 0.0461. The van der Waals surface area contributed by atoms with Gasteiger partial charge in [-0.1, -0.05) is 63.6 Å².